The number of aryl methyl sites for hydroxylation is 1. The van der Waals surface area contributed by atoms with Gasteiger partial charge in [0.15, 0.2) is 5.60 Å². The van der Waals surface area contributed by atoms with Gasteiger partial charge in [0.1, 0.15) is 12.4 Å². The van der Waals surface area contributed by atoms with Crippen molar-refractivity contribution < 1.29 is 19.7 Å². The van der Waals surface area contributed by atoms with Crippen LogP contribution in [0.2, 0.25) is 5.02 Å². The van der Waals surface area contributed by atoms with Crippen molar-refractivity contribution >= 4 is 17.6 Å². The molecule has 0 amide bonds. The predicted molar refractivity (Wildman–Crippen MR) is 59.9 cm³/mol. The van der Waals surface area contributed by atoms with Crippen LogP contribution in [0.15, 0.2) is 18.2 Å². The number of carboxylic acids is 1. The molecule has 1 unspecified atom stereocenters. The summed E-state index contributed by atoms with van der Waals surface area (Å²) in [5.41, 5.74) is -0.984. The van der Waals surface area contributed by atoms with E-state index >= 15 is 0 Å². The Morgan fingerprint density at radius 1 is 1.56 bits per heavy atom. The summed E-state index contributed by atoms with van der Waals surface area (Å²) in [5.74, 6) is -0.973. The Morgan fingerprint density at radius 3 is 2.75 bits per heavy atom. The Hall–Kier alpha value is -1.26. The van der Waals surface area contributed by atoms with E-state index in [9.17, 15) is 9.90 Å². The predicted octanol–water partition coefficient (Wildman–Crippen LogP) is 1.86. The lowest BCUT2D eigenvalue weighted by atomic mass is 10.1. The molecule has 2 N–H and O–H groups in total. The quantitative estimate of drug-likeness (QED) is 0.849. The van der Waals surface area contributed by atoms with Crippen LogP contribution in [-0.2, 0) is 4.79 Å². The molecule has 0 saturated heterocycles. The summed E-state index contributed by atoms with van der Waals surface area (Å²) in [4.78, 5) is 10.6. The van der Waals surface area contributed by atoms with Crippen molar-refractivity contribution in [2.24, 2.45) is 0 Å². The van der Waals surface area contributed by atoms with E-state index in [4.69, 9.17) is 21.4 Å². The molecule has 1 rings (SSSR count). The van der Waals surface area contributed by atoms with Crippen LogP contribution in [0.3, 0.4) is 0 Å². The zero-order chi connectivity index (χ0) is 12.3. The number of ether oxygens (including phenoxy) is 1. The highest BCUT2D eigenvalue weighted by atomic mass is 35.5. The minimum absolute atomic E-state index is 0.356. The molecular formula is C11H13ClO4. The normalized spacial score (nSPS) is 14.2. The molecule has 5 heteroatoms. The van der Waals surface area contributed by atoms with E-state index in [0.717, 1.165) is 5.56 Å². The zero-order valence-electron chi connectivity index (χ0n) is 9.03. The summed E-state index contributed by atoms with van der Waals surface area (Å²) in [5, 5.41) is 18.5. The molecule has 0 radical (unpaired) electrons. The zero-order valence-corrected chi connectivity index (χ0v) is 9.78. The number of aliphatic carboxylic acids is 1. The molecule has 0 aromatic heterocycles. The van der Waals surface area contributed by atoms with Crippen LogP contribution in [-0.4, -0.2) is 28.4 Å². The fourth-order valence-electron chi connectivity index (χ4n) is 1.00. The van der Waals surface area contributed by atoms with Crippen LogP contribution in [0.25, 0.3) is 0 Å². The van der Waals surface area contributed by atoms with E-state index in [1.54, 1.807) is 12.1 Å². The van der Waals surface area contributed by atoms with E-state index in [1.165, 1.54) is 6.92 Å². The van der Waals surface area contributed by atoms with Crippen molar-refractivity contribution in [1.29, 1.82) is 0 Å². The van der Waals surface area contributed by atoms with Crippen molar-refractivity contribution in [1.82, 2.24) is 0 Å². The Labute approximate surface area is 98.4 Å². The van der Waals surface area contributed by atoms with Gasteiger partial charge in [0.2, 0.25) is 0 Å². The van der Waals surface area contributed by atoms with Gasteiger partial charge in [-0.15, -0.1) is 0 Å². The average Bonchev–Trinajstić information content (AvgIpc) is 2.19. The van der Waals surface area contributed by atoms with Gasteiger partial charge in [0.25, 0.3) is 0 Å². The summed E-state index contributed by atoms with van der Waals surface area (Å²) < 4.78 is 5.18. The van der Waals surface area contributed by atoms with Gasteiger partial charge >= 0.3 is 5.97 Å². The van der Waals surface area contributed by atoms with Gasteiger partial charge in [0.05, 0.1) is 5.02 Å². The first kappa shape index (κ1) is 12.8. The first-order chi connectivity index (χ1) is 7.33. The number of hydrogen-bond acceptors (Lipinski definition) is 3. The van der Waals surface area contributed by atoms with Crippen molar-refractivity contribution in [3.8, 4) is 5.75 Å². The van der Waals surface area contributed by atoms with Gasteiger partial charge in [-0.05, 0) is 31.5 Å². The number of hydrogen-bond donors (Lipinski definition) is 2. The Kier molecular flexibility index (Phi) is 3.78. The van der Waals surface area contributed by atoms with Crippen molar-refractivity contribution in [3.63, 3.8) is 0 Å². The number of aliphatic hydroxyl groups is 1. The molecule has 1 aromatic carbocycles. The van der Waals surface area contributed by atoms with Gasteiger partial charge < -0.3 is 14.9 Å². The fraction of sp³-hybridized carbons (Fsp3) is 0.364. The van der Waals surface area contributed by atoms with Gasteiger partial charge in [-0.1, -0.05) is 17.7 Å². The van der Waals surface area contributed by atoms with Crippen LogP contribution in [0.1, 0.15) is 12.5 Å². The van der Waals surface area contributed by atoms with Gasteiger partial charge in [-0.3, -0.25) is 0 Å². The molecule has 88 valence electrons. The minimum Gasteiger partial charge on any atom is -0.488 e. The third kappa shape index (κ3) is 3.12. The lowest BCUT2D eigenvalue weighted by Gasteiger charge is -2.19. The average molecular weight is 245 g/mol. The minimum atomic E-state index is -1.92. The summed E-state index contributed by atoms with van der Waals surface area (Å²) in [7, 11) is 0. The molecule has 0 aliphatic heterocycles. The SMILES string of the molecule is Cc1ccc(Cl)c(OCC(C)(O)C(=O)O)c1. The molecule has 1 atom stereocenters. The Morgan fingerprint density at radius 2 is 2.19 bits per heavy atom. The van der Waals surface area contributed by atoms with Crippen molar-refractivity contribution in [2.75, 3.05) is 6.61 Å². The molecule has 16 heavy (non-hydrogen) atoms. The summed E-state index contributed by atoms with van der Waals surface area (Å²) in [6, 6.07) is 5.15. The van der Waals surface area contributed by atoms with Crippen LogP contribution >= 0.6 is 11.6 Å². The van der Waals surface area contributed by atoms with Gasteiger partial charge in [0, 0.05) is 0 Å². The van der Waals surface area contributed by atoms with Crippen LogP contribution in [0.5, 0.6) is 5.75 Å². The largest absolute Gasteiger partial charge is 0.488 e. The Balaban J connectivity index is 2.75. The molecule has 0 fully saturated rings. The topological polar surface area (TPSA) is 66.8 Å². The molecule has 0 bridgehead atoms. The van der Waals surface area contributed by atoms with E-state index in [1.807, 2.05) is 13.0 Å². The Bertz CT molecular complexity index is 401. The highest BCUT2D eigenvalue weighted by Crippen LogP contribution is 2.26. The molecule has 0 aliphatic rings. The van der Waals surface area contributed by atoms with Crippen molar-refractivity contribution in [2.45, 2.75) is 19.4 Å². The summed E-state index contributed by atoms with van der Waals surface area (Å²) >= 11 is 5.85. The smallest absolute Gasteiger partial charge is 0.339 e. The molecule has 4 nitrogen and oxygen atoms in total. The lowest BCUT2D eigenvalue weighted by molar-refractivity contribution is -0.159. The van der Waals surface area contributed by atoms with Crippen LogP contribution in [0.4, 0.5) is 0 Å². The molecule has 1 aromatic rings. The van der Waals surface area contributed by atoms with E-state index in [2.05, 4.69) is 0 Å². The highest BCUT2D eigenvalue weighted by Gasteiger charge is 2.31. The molecule has 0 saturated carbocycles. The number of halogens is 1. The maximum Gasteiger partial charge on any atom is 0.339 e. The fourth-order valence-corrected chi connectivity index (χ4v) is 1.17. The van der Waals surface area contributed by atoms with E-state index in [0.29, 0.717) is 10.8 Å². The van der Waals surface area contributed by atoms with E-state index < -0.39 is 11.6 Å². The maximum absolute atomic E-state index is 10.6. The standard InChI is InChI=1S/C11H13ClO4/c1-7-3-4-8(12)9(5-7)16-6-11(2,15)10(13)14/h3-5,15H,6H2,1-2H3,(H,13,14). The molecule has 0 spiro atoms. The first-order valence-electron chi connectivity index (χ1n) is 4.67. The van der Waals surface area contributed by atoms with Gasteiger partial charge in [-0.2, -0.15) is 0 Å². The summed E-state index contributed by atoms with van der Waals surface area (Å²) in [6.07, 6.45) is 0. The third-order valence-corrected chi connectivity index (χ3v) is 2.37. The molecule has 0 heterocycles. The highest BCUT2D eigenvalue weighted by molar-refractivity contribution is 6.32. The third-order valence-electron chi connectivity index (χ3n) is 2.06. The van der Waals surface area contributed by atoms with Crippen molar-refractivity contribution in [3.05, 3.63) is 28.8 Å². The van der Waals surface area contributed by atoms with Gasteiger partial charge in [-0.25, -0.2) is 4.79 Å². The number of carboxylic acid groups (broad SMARTS) is 1. The molecular weight excluding hydrogens is 232 g/mol. The maximum atomic E-state index is 10.6. The summed E-state index contributed by atoms with van der Waals surface area (Å²) in [6.45, 7) is 2.67. The first-order valence-corrected chi connectivity index (χ1v) is 5.05. The monoisotopic (exact) mass is 244 g/mol. The number of carbonyl (C=O) groups is 1. The van der Waals surface area contributed by atoms with Crippen LogP contribution < -0.4 is 4.74 Å². The second kappa shape index (κ2) is 4.72. The lowest BCUT2D eigenvalue weighted by Crippen LogP contribution is -2.41. The molecule has 0 aliphatic carbocycles. The van der Waals surface area contributed by atoms with E-state index in [-0.39, 0.29) is 6.61 Å². The van der Waals surface area contributed by atoms with Crippen LogP contribution in [0, 0.1) is 6.92 Å². The number of rotatable bonds is 4. The second-order valence-electron chi connectivity index (χ2n) is 3.80. The second-order valence-corrected chi connectivity index (χ2v) is 4.21. The number of benzene rings is 1.